The molecule has 0 radical (unpaired) electrons. The Balaban J connectivity index is 2.11. The largest absolute Gasteiger partial charge is 0.399 e. The van der Waals surface area contributed by atoms with Crippen LogP contribution in [0, 0.1) is 5.92 Å². The van der Waals surface area contributed by atoms with Crippen LogP contribution in [-0.4, -0.2) is 25.8 Å². The van der Waals surface area contributed by atoms with Crippen molar-refractivity contribution in [1.29, 1.82) is 0 Å². The number of ether oxygens (including phenoxy) is 1. The standard InChI is InChI=1S/C14H23N3O2/c1-11(2)10-19-8-4-7-16-14(18)17-13-6-3-5-12(15)9-13/h3,5-6,9,11H,4,7-8,10,15H2,1-2H3,(H2,16,17,18). The summed E-state index contributed by atoms with van der Waals surface area (Å²) in [5, 5.41) is 5.49. The van der Waals surface area contributed by atoms with E-state index in [0.29, 0.717) is 30.4 Å². The van der Waals surface area contributed by atoms with Gasteiger partial charge in [-0.3, -0.25) is 0 Å². The lowest BCUT2D eigenvalue weighted by Crippen LogP contribution is -2.30. The van der Waals surface area contributed by atoms with Gasteiger partial charge in [0.15, 0.2) is 0 Å². The second kappa shape index (κ2) is 8.37. The fourth-order valence-corrected chi connectivity index (χ4v) is 1.49. The number of hydrogen-bond acceptors (Lipinski definition) is 3. The molecular weight excluding hydrogens is 242 g/mol. The van der Waals surface area contributed by atoms with Crippen LogP contribution in [0.1, 0.15) is 20.3 Å². The van der Waals surface area contributed by atoms with Gasteiger partial charge in [-0.05, 0) is 30.5 Å². The summed E-state index contributed by atoms with van der Waals surface area (Å²) in [5.41, 5.74) is 6.94. The Kier molecular flexibility index (Phi) is 6.74. The summed E-state index contributed by atoms with van der Waals surface area (Å²) in [5.74, 6) is 0.541. The van der Waals surface area contributed by atoms with E-state index < -0.39 is 0 Å². The summed E-state index contributed by atoms with van der Waals surface area (Å²) in [7, 11) is 0. The Morgan fingerprint density at radius 1 is 1.42 bits per heavy atom. The molecule has 1 aromatic carbocycles. The van der Waals surface area contributed by atoms with E-state index >= 15 is 0 Å². The van der Waals surface area contributed by atoms with Crippen LogP contribution in [0.5, 0.6) is 0 Å². The molecule has 1 aromatic rings. The number of carbonyl (C=O) groups excluding carboxylic acids is 1. The Labute approximate surface area is 114 Å². The molecule has 0 bridgehead atoms. The summed E-state index contributed by atoms with van der Waals surface area (Å²) in [6, 6.07) is 6.85. The molecule has 0 saturated carbocycles. The first kappa shape index (κ1) is 15.3. The van der Waals surface area contributed by atoms with E-state index in [-0.39, 0.29) is 6.03 Å². The van der Waals surface area contributed by atoms with E-state index in [4.69, 9.17) is 10.5 Å². The molecule has 5 heteroatoms. The summed E-state index contributed by atoms with van der Waals surface area (Å²) in [6.45, 7) is 6.23. The average Bonchev–Trinajstić information content (AvgIpc) is 2.33. The van der Waals surface area contributed by atoms with Crippen LogP contribution in [-0.2, 0) is 4.74 Å². The van der Waals surface area contributed by atoms with Crippen molar-refractivity contribution in [3.8, 4) is 0 Å². The minimum Gasteiger partial charge on any atom is -0.399 e. The monoisotopic (exact) mass is 265 g/mol. The van der Waals surface area contributed by atoms with Crippen LogP contribution < -0.4 is 16.4 Å². The topological polar surface area (TPSA) is 76.4 Å². The van der Waals surface area contributed by atoms with Crippen molar-refractivity contribution in [2.24, 2.45) is 5.92 Å². The minimum absolute atomic E-state index is 0.227. The van der Waals surface area contributed by atoms with Crippen LogP contribution >= 0.6 is 0 Å². The van der Waals surface area contributed by atoms with Gasteiger partial charge in [0.2, 0.25) is 0 Å². The molecule has 0 heterocycles. The first-order valence-electron chi connectivity index (χ1n) is 6.56. The number of nitrogens with two attached hydrogens (primary N) is 1. The molecular formula is C14H23N3O2. The molecule has 0 fully saturated rings. The Morgan fingerprint density at radius 2 is 2.21 bits per heavy atom. The average molecular weight is 265 g/mol. The van der Waals surface area contributed by atoms with Gasteiger partial charge in [0.25, 0.3) is 0 Å². The number of hydrogen-bond donors (Lipinski definition) is 3. The maximum Gasteiger partial charge on any atom is 0.319 e. The summed E-state index contributed by atoms with van der Waals surface area (Å²) in [6.07, 6.45) is 0.803. The van der Waals surface area contributed by atoms with Crippen molar-refractivity contribution < 1.29 is 9.53 Å². The predicted molar refractivity (Wildman–Crippen MR) is 78.1 cm³/mol. The Hall–Kier alpha value is -1.75. The second-order valence-corrected chi connectivity index (χ2v) is 4.83. The number of nitrogen functional groups attached to an aromatic ring is 1. The molecule has 4 N–H and O–H groups in total. The fourth-order valence-electron chi connectivity index (χ4n) is 1.49. The highest BCUT2D eigenvalue weighted by atomic mass is 16.5. The normalized spacial score (nSPS) is 10.5. The van der Waals surface area contributed by atoms with Crippen molar-refractivity contribution in [1.82, 2.24) is 5.32 Å². The zero-order valence-electron chi connectivity index (χ0n) is 11.6. The number of benzene rings is 1. The Bertz CT molecular complexity index is 394. The molecule has 0 atom stereocenters. The van der Waals surface area contributed by atoms with E-state index in [9.17, 15) is 4.79 Å². The van der Waals surface area contributed by atoms with Gasteiger partial charge in [-0.15, -0.1) is 0 Å². The van der Waals surface area contributed by atoms with Gasteiger partial charge in [0.1, 0.15) is 0 Å². The lowest BCUT2D eigenvalue weighted by Gasteiger charge is -2.09. The highest BCUT2D eigenvalue weighted by molar-refractivity contribution is 5.89. The molecule has 0 aliphatic carbocycles. The van der Waals surface area contributed by atoms with Crippen LogP contribution in [0.25, 0.3) is 0 Å². The van der Waals surface area contributed by atoms with Gasteiger partial charge in [-0.1, -0.05) is 19.9 Å². The molecule has 2 amide bonds. The quantitative estimate of drug-likeness (QED) is 0.523. The van der Waals surface area contributed by atoms with Gasteiger partial charge in [0, 0.05) is 31.1 Å². The number of rotatable bonds is 7. The molecule has 0 aliphatic heterocycles. The summed E-state index contributed by atoms with van der Waals surface area (Å²) < 4.78 is 5.42. The molecule has 19 heavy (non-hydrogen) atoms. The summed E-state index contributed by atoms with van der Waals surface area (Å²) >= 11 is 0. The van der Waals surface area contributed by atoms with Crippen LogP contribution in [0.2, 0.25) is 0 Å². The molecule has 0 unspecified atom stereocenters. The maximum atomic E-state index is 11.6. The van der Waals surface area contributed by atoms with Crippen molar-refractivity contribution in [2.75, 3.05) is 30.8 Å². The zero-order valence-corrected chi connectivity index (χ0v) is 11.6. The number of amides is 2. The van der Waals surface area contributed by atoms with Crippen molar-refractivity contribution in [3.63, 3.8) is 0 Å². The third-order valence-corrected chi connectivity index (χ3v) is 2.35. The smallest absolute Gasteiger partial charge is 0.319 e. The Morgan fingerprint density at radius 3 is 2.89 bits per heavy atom. The SMILES string of the molecule is CC(C)COCCCNC(=O)Nc1cccc(N)c1. The zero-order chi connectivity index (χ0) is 14.1. The third kappa shape index (κ3) is 7.31. The molecule has 0 spiro atoms. The first-order chi connectivity index (χ1) is 9.08. The van der Waals surface area contributed by atoms with Gasteiger partial charge < -0.3 is 21.1 Å². The number of nitrogens with one attached hydrogen (secondary N) is 2. The van der Waals surface area contributed by atoms with Gasteiger partial charge in [-0.2, -0.15) is 0 Å². The number of anilines is 2. The van der Waals surface area contributed by atoms with E-state index in [1.807, 2.05) is 0 Å². The molecule has 0 aliphatic rings. The lowest BCUT2D eigenvalue weighted by atomic mass is 10.2. The molecule has 5 nitrogen and oxygen atoms in total. The lowest BCUT2D eigenvalue weighted by molar-refractivity contribution is 0.108. The highest BCUT2D eigenvalue weighted by Crippen LogP contribution is 2.11. The van der Waals surface area contributed by atoms with E-state index in [1.54, 1.807) is 24.3 Å². The van der Waals surface area contributed by atoms with Crippen molar-refractivity contribution >= 4 is 17.4 Å². The predicted octanol–water partition coefficient (Wildman–Crippen LogP) is 2.45. The molecule has 106 valence electrons. The molecule has 0 aromatic heterocycles. The van der Waals surface area contributed by atoms with E-state index in [0.717, 1.165) is 13.0 Å². The van der Waals surface area contributed by atoms with Crippen molar-refractivity contribution in [3.05, 3.63) is 24.3 Å². The van der Waals surface area contributed by atoms with Crippen LogP contribution in [0.3, 0.4) is 0 Å². The molecule has 1 rings (SSSR count). The number of urea groups is 1. The maximum absolute atomic E-state index is 11.6. The second-order valence-electron chi connectivity index (χ2n) is 4.83. The van der Waals surface area contributed by atoms with E-state index in [2.05, 4.69) is 24.5 Å². The van der Waals surface area contributed by atoms with Crippen LogP contribution in [0.15, 0.2) is 24.3 Å². The fraction of sp³-hybridized carbons (Fsp3) is 0.500. The van der Waals surface area contributed by atoms with Gasteiger partial charge in [-0.25, -0.2) is 4.79 Å². The summed E-state index contributed by atoms with van der Waals surface area (Å²) in [4.78, 5) is 11.6. The van der Waals surface area contributed by atoms with Gasteiger partial charge >= 0.3 is 6.03 Å². The third-order valence-electron chi connectivity index (χ3n) is 2.35. The number of carbonyl (C=O) groups is 1. The highest BCUT2D eigenvalue weighted by Gasteiger charge is 2.01. The van der Waals surface area contributed by atoms with E-state index in [1.165, 1.54) is 0 Å². The minimum atomic E-state index is -0.227. The van der Waals surface area contributed by atoms with Gasteiger partial charge in [0.05, 0.1) is 0 Å². The van der Waals surface area contributed by atoms with Crippen LogP contribution in [0.4, 0.5) is 16.2 Å². The molecule has 0 saturated heterocycles. The van der Waals surface area contributed by atoms with Crippen molar-refractivity contribution in [2.45, 2.75) is 20.3 Å². The first-order valence-corrected chi connectivity index (χ1v) is 6.56.